The number of nitrogens with zero attached hydrogens (tertiary/aromatic N) is 1. The summed E-state index contributed by atoms with van der Waals surface area (Å²) < 4.78 is 17.9. The van der Waals surface area contributed by atoms with Crippen LogP contribution in [0.2, 0.25) is 5.02 Å². The van der Waals surface area contributed by atoms with Crippen molar-refractivity contribution in [3.05, 3.63) is 23.2 Å². The van der Waals surface area contributed by atoms with Crippen molar-refractivity contribution in [3.63, 3.8) is 0 Å². The van der Waals surface area contributed by atoms with E-state index in [1.165, 1.54) is 6.20 Å². The van der Waals surface area contributed by atoms with Crippen LogP contribution in [0.3, 0.4) is 0 Å². The molecule has 0 spiro atoms. The molecule has 2 atom stereocenters. The highest BCUT2D eigenvalue weighted by molar-refractivity contribution is 6.31. The molecule has 2 rings (SSSR count). The van der Waals surface area contributed by atoms with E-state index in [1.807, 2.05) is 0 Å². The van der Waals surface area contributed by atoms with E-state index >= 15 is 0 Å². The van der Waals surface area contributed by atoms with Gasteiger partial charge in [0.2, 0.25) is 5.95 Å². The maximum atomic E-state index is 12.6. The van der Waals surface area contributed by atoms with Gasteiger partial charge in [0.25, 0.3) is 0 Å². The van der Waals surface area contributed by atoms with Crippen LogP contribution >= 0.6 is 11.6 Å². The lowest BCUT2D eigenvalue weighted by Gasteiger charge is -2.06. The van der Waals surface area contributed by atoms with Crippen LogP contribution < -0.4 is 4.74 Å². The average molecular weight is 246 g/mol. The minimum atomic E-state index is -0.808. The van der Waals surface area contributed by atoms with Gasteiger partial charge in [0.1, 0.15) is 0 Å². The molecular formula is C10H9ClFNO3. The van der Waals surface area contributed by atoms with Crippen molar-refractivity contribution in [2.24, 2.45) is 11.8 Å². The maximum absolute atomic E-state index is 12.6. The molecule has 16 heavy (non-hydrogen) atoms. The minimum Gasteiger partial charge on any atom is -0.490 e. The second-order valence-electron chi connectivity index (χ2n) is 3.69. The Morgan fingerprint density at radius 3 is 3.06 bits per heavy atom. The van der Waals surface area contributed by atoms with Gasteiger partial charge in [0, 0.05) is 12.0 Å². The van der Waals surface area contributed by atoms with Crippen molar-refractivity contribution < 1.29 is 19.0 Å². The van der Waals surface area contributed by atoms with E-state index in [9.17, 15) is 9.18 Å². The number of pyridine rings is 1. The largest absolute Gasteiger partial charge is 0.490 e. The number of hydrogen-bond acceptors (Lipinski definition) is 3. The molecule has 0 aliphatic heterocycles. The zero-order chi connectivity index (χ0) is 11.7. The second kappa shape index (κ2) is 4.25. The van der Waals surface area contributed by atoms with Gasteiger partial charge in [-0.25, -0.2) is 4.98 Å². The molecule has 0 aromatic carbocycles. The van der Waals surface area contributed by atoms with Crippen LogP contribution in [0.5, 0.6) is 5.75 Å². The number of ether oxygens (including phenoxy) is 1. The molecule has 0 bridgehead atoms. The smallest absolute Gasteiger partial charge is 0.306 e. The summed E-state index contributed by atoms with van der Waals surface area (Å²) in [5.41, 5.74) is 0. The lowest BCUT2D eigenvalue weighted by atomic mass is 10.3. The van der Waals surface area contributed by atoms with Gasteiger partial charge in [-0.05, 0) is 6.42 Å². The van der Waals surface area contributed by atoms with E-state index < -0.39 is 11.9 Å². The first kappa shape index (κ1) is 11.1. The van der Waals surface area contributed by atoms with Crippen molar-refractivity contribution in [1.29, 1.82) is 0 Å². The van der Waals surface area contributed by atoms with Crippen molar-refractivity contribution in [2.75, 3.05) is 6.61 Å². The van der Waals surface area contributed by atoms with Gasteiger partial charge in [-0.2, -0.15) is 4.39 Å². The van der Waals surface area contributed by atoms with E-state index in [4.69, 9.17) is 21.4 Å². The summed E-state index contributed by atoms with van der Waals surface area (Å²) in [4.78, 5) is 14.0. The zero-order valence-corrected chi connectivity index (χ0v) is 8.95. The van der Waals surface area contributed by atoms with Gasteiger partial charge in [-0.15, -0.1) is 0 Å². The van der Waals surface area contributed by atoms with Gasteiger partial charge in [-0.3, -0.25) is 4.79 Å². The van der Waals surface area contributed by atoms with Crippen LogP contribution in [-0.2, 0) is 4.79 Å². The second-order valence-corrected chi connectivity index (χ2v) is 4.10. The van der Waals surface area contributed by atoms with Gasteiger partial charge in [0.15, 0.2) is 5.75 Å². The Labute approximate surface area is 96.0 Å². The number of carboxylic acids is 1. The first-order chi connectivity index (χ1) is 7.58. The molecule has 1 heterocycles. The fourth-order valence-corrected chi connectivity index (χ4v) is 1.63. The molecule has 1 N–H and O–H groups in total. The number of rotatable bonds is 4. The summed E-state index contributed by atoms with van der Waals surface area (Å²) in [6, 6.07) is 1.05. The number of carboxylic acid groups (broad SMARTS) is 1. The Kier molecular flexibility index (Phi) is 2.96. The highest BCUT2D eigenvalue weighted by atomic mass is 35.5. The average Bonchev–Trinajstić information content (AvgIpc) is 2.96. The molecule has 1 aliphatic carbocycles. The Bertz CT molecular complexity index is 427. The third-order valence-corrected chi connectivity index (χ3v) is 2.77. The normalized spacial score (nSPS) is 22.9. The topological polar surface area (TPSA) is 59.4 Å². The van der Waals surface area contributed by atoms with Crippen molar-refractivity contribution in [2.45, 2.75) is 6.42 Å². The highest BCUT2D eigenvalue weighted by Crippen LogP contribution is 2.39. The monoisotopic (exact) mass is 245 g/mol. The zero-order valence-electron chi connectivity index (χ0n) is 8.19. The Morgan fingerprint density at radius 2 is 2.50 bits per heavy atom. The van der Waals surface area contributed by atoms with Crippen LogP contribution in [0.25, 0.3) is 0 Å². The Hall–Kier alpha value is -1.36. The number of carbonyl (C=O) groups is 1. The van der Waals surface area contributed by atoms with Gasteiger partial charge < -0.3 is 9.84 Å². The SMILES string of the molecule is O=C(O)[C@@H]1C[C@H]1COc1cnc(F)cc1Cl. The predicted octanol–water partition coefficient (Wildman–Crippen LogP) is 1.97. The summed E-state index contributed by atoms with van der Waals surface area (Å²) in [5.74, 6) is -1.52. The molecule has 6 heteroatoms. The Balaban J connectivity index is 1.89. The lowest BCUT2D eigenvalue weighted by molar-refractivity contribution is -0.138. The molecular weight excluding hydrogens is 237 g/mol. The van der Waals surface area contributed by atoms with Crippen LogP contribution in [0.15, 0.2) is 12.3 Å². The fourth-order valence-electron chi connectivity index (χ4n) is 1.43. The van der Waals surface area contributed by atoms with E-state index in [0.717, 1.165) is 6.07 Å². The third-order valence-electron chi connectivity index (χ3n) is 2.48. The maximum Gasteiger partial charge on any atom is 0.306 e. The molecule has 1 aromatic rings. The van der Waals surface area contributed by atoms with Crippen molar-refractivity contribution in [3.8, 4) is 5.75 Å². The molecule has 1 saturated carbocycles. The summed E-state index contributed by atoms with van der Waals surface area (Å²) in [6.45, 7) is 0.268. The van der Waals surface area contributed by atoms with Crippen LogP contribution in [0.4, 0.5) is 4.39 Å². The quantitative estimate of drug-likeness (QED) is 0.824. The molecule has 4 nitrogen and oxygen atoms in total. The standard InChI is InChI=1S/C10H9ClFNO3/c11-7-2-9(12)13-3-8(7)16-4-5-1-6(5)10(14)15/h2-3,5-6H,1,4H2,(H,14,15)/t5-,6+/m0/s1. The number of aromatic nitrogens is 1. The summed E-state index contributed by atoms with van der Waals surface area (Å²) in [6.07, 6.45) is 1.80. The van der Waals surface area contributed by atoms with E-state index in [1.54, 1.807) is 0 Å². The number of hydrogen-bond donors (Lipinski definition) is 1. The molecule has 86 valence electrons. The Morgan fingerprint density at radius 1 is 1.75 bits per heavy atom. The van der Waals surface area contributed by atoms with E-state index in [2.05, 4.69) is 4.98 Å². The first-order valence-corrected chi connectivity index (χ1v) is 5.12. The molecule has 0 unspecified atom stereocenters. The summed E-state index contributed by atoms with van der Waals surface area (Å²) >= 11 is 5.71. The number of halogens is 2. The minimum absolute atomic E-state index is 0.0126. The lowest BCUT2D eigenvalue weighted by Crippen LogP contribution is -2.06. The number of aliphatic carboxylic acids is 1. The van der Waals surface area contributed by atoms with E-state index in [0.29, 0.717) is 6.42 Å². The molecule has 1 aliphatic rings. The predicted molar refractivity (Wildman–Crippen MR) is 53.9 cm³/mol. The van der Waals surface area contributed by atoms with Gasteiger partial charge >= 0.3 is 5.97 Å². The van der Waals surface area contributed by atoms with E-state index in [-0.39, 0.29) is 29.2 Å². The summed E-state index contributed by atoms with van der Waals surface area (Å²) in [5, 5.41) is 8.81. The van der Waals surface area contributed by atoms with Crippen LogP contribution in [0, 0.1) is 17.8 Å². The third kappa shape index (κ3) is 2.41. The highest BCUT2D eigenvalue weighted by Gasteiger charge is 2.43. The summed E-state index contributed by atoms with van der Waals surface area (Å²) in [7, 11) is 0. The van der Waals surface area contributed by atoms with Crippen LogP contribution in [0.1, 0.15) is 6.42 Å². The first-order valence-electron chi connectivity index (χ1n) is 4.74. The van der Waals surface area contributed by atoms with Gasteiger partial charge in [0.05, 0.1) is 23.7 Å². The van der Waals surface area contributed by atoms with Crippen molar-refractivity contribution >= 4 is 17.6 Å². The molecule has 1 fully saturated rings. The van der Waals surface area contributed by atoms with Crippen molar-refractivity contribution in [1.82, 2.24) is 4.98 Å². The van der Waals surface area contributed by atoms with Crippen LogP contribution in [-0.4, -0.2) is 22.7 Å². The fraction of sp³-hybridized carbons (Fsp3) is 0.400. The van der Waals surface area contributed by atoms with Gasteiger partial charge in [-0.1, -0.05) is 11.6 Å². The molecule has 0 amide bonds. The molecule has 1 aromatic heterocycles. The molecule has 0 saturated heterocycles. The molecule has 0 radical (unpaired) electrons.